The van der Waals surface area contributed by atoms with Crippen molar-refractivity contribution in [3.8, 4) is 16.3 Å². The molecule has 0 bridgehead atoms. The van der Waals surface area contributed by atoms with Gasteiger partial charge in [0.1, 0.15) is 16.5 Å². The number of piperidine rings is 1. The Hall–Kier alpha value is -2.91. The number of thiazole rings is 1. The number of methoxy groups -OCH3 is 1. The Morgan fingerprint density at radius 3 is 2.39 bits per heavy atom. The van der Waals surface area contributed by atoms with Gasteiger partial charge in [0.15, 0.2) is 9.84 Å². The largest absolute Gasteiger partial charge is 0.497 e. The fourth-order valence-corrected chi connectivity index (χ4v) is 5.51. The third kappa shape index (κ3) is 5.36. The number of carbonyl (C=O) groups excluding carboxylic acids is 1. The van der Waals surface area contributed by atoms with Gasteiger partial charge in [-0.05, 0) is 61.4 Å². The monoisotopic (exact) mass is 485 g/mol. The predicted octanol–water partition coefficient (Wildman–Crippen LogP) is 4.01. The van der Waals surface area contributed by atoms with Crippen molar-refractivity contribution < 1.29 is 17.9 Å². The van der Waals surface area contributed by atoms with E-state index < -0.39 is 9.84 Å². The highest BCUT2D eigenvalue weighted by atomic mass is 32.2. The molecule has 0 spiro atoms. The summed E-state index contributed by atoms with van der Waals surface area (Å²) in [6, 6.07) is 14.8. The molecule has 0 atom stereocenters. The lowest BCUT2D eigenvalue weighted by Gasteiger charge is -2.34. The fourth-order valence-electron chi connectivity index (χ4n) is 3.82. The van der Waals surface area contributed by atoms with Gasteiger partial charge in [0.05, 0.1) is 17.8 Å². The Kier molecular flexibility index (Phi) is 6.99. The molecule has 33 heavy (non-hydrogen) atoms. The number of rotatable bonds is 7. The van der Waals surface area contributed by atoms with E-state index in [1.165, 1.54) is 11.3 Å². The van der Waals surface area contributed by atoms with E-state index in [0.29, 0.717) is 10.6 Å². The lowest BCUT2D eigenvalue weighted by atomic mass is 10.0. The second-order valence-corrected chi connectivity index (χ2v) is 11.0. The van der Waals surface area contributed by atoms with Gasteiger partial charge in [-0.15, -0.1) is 11.3 Å². The highest BCUT2D eigenvalue weighted by Crippen LogP contribution is 2.26. The van der Waals surface area contributed by atoms with Crippen LogP contribution < -0.4 is 15.0 Å². The second-order valence-electron chi connectivity index (χ2n) is 7.90. The van der Waals surface area contributed by atoms with Crippen LogP contribution in [0.4, 0.5) is 5.69 Å². The van der Waals surface area contributed by atoms with E-state index in [1.807, 2.05) is 36.4 Å². The molecule has 1 fully saturated rings. The highest BCUT2D eigenvalue weighted by molar-refractivity contribution is 7.91. The summed E-state index contributed by atoms with van der Waals surface area (Å²) < 4.78 is 29.2. The molecule has 0 aliphatic carbocycles. The van der Waals surface area contributed by atoms with E-state index in [4.69, 9.17) is 4.74 Å². The third-order valence-corrected chi connectivity index (χ3v) is 8.49. The quantitative estimate of drug-likeness (QED) is 0.544. The maximum absolute atomic E-state index is 12.7. The Morgan fingerprint density at radius 1 is 1.12 bits per heavy atom. The van der Waals surface area contributed by atoms with E-state index in [0.717, 1.165) is 47.9 Å². The van der Waals surface area contributed by atoms with Crippen LogP contribution in [0.5, 0.6) is 5.75 Å². The SMILES string of the molecule is CCS(=O)(=O)c1ccc(N2CCC(NC(=O)c3csc(-c4ccc(OC)cc4)n3)CC2)cc1. The van der Waals surface area contributed by atoms with Crippen molar-refractivity contribution in [2.75, 3.05) is 30.9 Å². The smallest absolute Gasteiger partial charge is 0.270 e. The summed E-state index contributed by atoms with van der Waals surface area (Å²) >= 11 is 1.44. The van der Waals surface area contributed by atoms with Crippen LogP contribution in [-0.2, 0) is 9.84 Å². The average molecular weight is 486 g/mol. The molecule has 0 radical (unpaired) electrons. The number of aromatic nitrogens is 1. The highest BCUT2D eigenvalue weighted by Gasteiger charge is 2.23. The predicted molar refractivity (Wildman–Crippen MR) is 131 cm³/mol. The Balaban J connectivity index is 1.32. The van der Waals surface area contributed by atoms with Crippen molar-refractivity contribution in [1.29, 1.82) is 0 Å². The number of benzene rings is 2. The number of hydrogen-bond donors (Lipinski definition) is 1. The normalized spacial score (nSPS) is 14.8. The first-order valence-corrected chi connectivity index (χ1v) is 13.4. The molecule has 1 aromatic heterocycles. The molecule has 1 N–H and O–H groups in total. The molecule has 4 rings (SSSR count). The fraction of sp³-hybridized carbons (Fsp3) is 0.333. The average Bonchev–Trinajstić information content (AvgIpc) is 3.35. The van der Waals surface area contributed by atoms with Crippen molar-refractivity contribution in [2.24, 2.45) is 0 Å². The van der Waals surface area contributed by atoms with Crippen LogP contribution >= 0.6 is 11.3 Å². The summed E-state index contributed by atoms with van der Waals surface area (Å²) in [6.45, 7) is 3.23. The molecular formula is C24H27N3O4S2. The van der Waals surface area contributed by atoms with E-state index in [-0.39, 0.29) is 17.7 Å². The standard InChI is InChI=1S/C24H27N3O4S2/c1-3-33(29,30)21-10-6-19(7-11-21)27-14-12-18(13-15-27)25-23(28)22-16-32-24(26-22)17-4-8-20(31-2)9-5-17/h4-11,16,18H,3,12-15H2,1-2H3,(H,25,28). The van der Waals surface area contributed by atoms with Gasteiger partial charge in [-0.3, -0.25) is 4.79 Å². The second kappa shape index (κ2) is 9.93. The van der Waals surface area contributed by atoms with Gasteiger partial charge in [-0.2, -0.15) is 0 Å². The van der Waals surface area contributed by atoms with Crippen LogP contribution in [0.2, 0.25) is 0 Å². The van der Waals surface area contributed by atoms with E-state index in [2.05, 4.69) is 15.2 Å². The first-order chi connectivity index (χ1) is 15.9. The first-order valence-electron chi connectivity index (χ1n) is 10.9. The molecule has 9 heteroatoms. The lowest BCUT2D eigenvalue weighted by Crippen LogP contribution is -2.44. The number of nitrogens with zero attached hydrogens (tertiary/aromatic N) is 2. The van der Waals surface area contributed by atoms with Gasteiger partial charge >= 0.3 is 0 Å². The summed E-state index contributed by atoms with van der Waals surface area (Å²) in [4.78, 5) is 19.8. The molecule has 1 amide bonds. The Bertz CT molecular complexity index is 1200. The van der Waals surface area contributed by atoms with Crippen LogP contribution in [0.1, 0.15) is 30.3 Å². The van der Waals surface area contributed by atoms with Crippen LogP contribution in [-0.4, -0.2) is 51.3 Å². The zero-order valence-corrected chi connectivity index (χ0v) is 20.3. The summed E-state index contributed by atoms with van der Waals surface area (Å²) in [5.74, 6) is 0.720. The van der Waals surface area contributed by atoms with E-state index in [1.54, 1.807) is 31.5 Å². The summed E-state index contributed by atoms with van der Waals surface area (Å²) in [6.07, 6.45) is 1.63. The van der Waals surface area contributed by atoms with Crippen molar-refractivity contribution in [2.45, 2.75) is 30.7 Å². The molecule has 174 valence electrons. The summed E-state index contributed by atoms with van der Waals surface area (Å²) in [7, 11) is -1.56. The maximum Gasteiger partial charge on any atom is 0.270 e. The summed E-state index contributed by atoms with van der Waals surface area (Å²) in [5, 5.41) is 5.69. The molecule has 0 saturated carbocycles. The molecule has 7 nitrogen and oxygen atoms in total. The van der Waals surface area contributed by atoms with E-state index in [9.17, 15) is 13.2 Å². The van der Waals surface area contributed by atoms with Gasteiger partial charge in [-0.25, -0.2) is 13.4 Å². The minimum absolute atomic E-state index is 0.0830. The van der Waals surface area contributed by atoms with Crippen LogP contribution in [0, 0.1) is 0 Å². The lowest BCUT2D eigenvalue weighted by molar-refractivity contribution is 0.0927. The molecule has 0 unspecified atom stereocenters. The molecule has 1 aliphatic rings. The number of ether oxygens (including phenoxy) is 1. The van der Waals surface area contributed by atoms with E-state index >= 15 is 0 Å². The Labute approximate surface area is 198 Å². The minimum Gasteiger partial charge on any atom is -0.497 e. The topological polar surface area (TPSA) is 88.6 Å². The third-order valence-electron chi connectivity index (χ3n) is 5.84. The van der Waals surface area contributed by atoms with Gasteiger partial charge in [0, 0.05) is 35.8 Å². The van der Waals surface area contributed by atoms with Gasteiger partial charge in [0.2, 0.25) is 0 Å². The van der Waals surface area contributed by atoms with Gasteiger partial charge < -0.3 is 15.0 Å². The zero-order chi connectivity index (χ0) is 23.4. The van der Waals surface area contributed by atoms with Crippen LogP contribution in [0.15, 0.2) is 58.8 Å². The molecule has 2 aromatic carbocycles. The molecule has 2 heterocycles. The number of nitrogens with one attached hydrogen (secondary N) is 1. The number of anilines is 1. The Morgan fingerprint density at radius 2 is 1.79 bits per heavy atom. The zero-order valence-electron chi connectivity index (χ0n) is 18.7. The van der Waals surface area contributed by atoms with Gasteiger partial charge in [0.25, 0.3) is 5.91 Å². The molecule has 3 aromatic rings. The van der Waals surface area contributed by atoms with Crippen molar-refractivity contribution in [3.63, 3.8) is 0 Å². The van der Waals surface area contributed by atoms with Crippen LogP contribution in [0.25, 0.3) is 10.6 Å². The van der Waals surface area contributed by atoms with Crippen molar-refractivity contribution in [3.05, 3.63) is 59.6 Å². The number of amides is 1. The number of carbonyl (C=O) groups is 1. The molecule has 1 aliphatic heterocycles. The van der Waals surface area contributed by atoms with Crippen LogP contribution in [0.3, 0.4) is 0 Å². The number of hydrogen-bond acceptors (Lipinski definition) is 7. The number of sulfone groups is 1. The first kappa shape index (κ1) is 23.3. The molecular weight excluding hydrogens is 458 g/mol. The molecule has 1 saturated heterocycles. The maximum atomic E-state index is 12.7. The van der Waals surface area contributed by atoms with Crippen molar-refractivity contribution in [1.82, 2.24) is 10.3 Å². The minimum atomic E-state index is -3.19. The van der Waals surface area contributed by atoms with Gasteiger partial charge in [-0.1, -0.05) is 6.92 Å². The van der Waals surface area contributed by atoms with Crippen molar-refractivity contribution >= 4 is 32.8 Å². The summed E-state index contributed by atoms with van der Waals surface area (Å²) in [5.41, 5.74) is 2.38.